The highest BCUT2D eigenvalue weighted by Gasteiger charge is 2.46. The van der Waals surface area contributed by atoms with Crippen LogP contribution in [0.4, 0.5) is 8.78 Å². The molecule has 0 spiro atoms. The Morgan fingerprint density at radius 3 is 2.67 bits per heavy atom. The van der Waals surface area contributed by atoms with E-state index in [0.29, 0.717) is 29.5 Å². The number of benzene rings is 2. The molecule has 1 aromatic heterocycles. The Bertz CT molecular complexity index is 1290. The normalized spacial score (nSPS) is 20.9. The van der Waals surface area contributed by atoms with Crippen molar-refractivity contribution < 1.29 is 13.6 Å². The molecule has 2 atom stereocenters. The van der Waals surface area contributed by atoms with Crippen molar-refractivity contribution in [1.29, 1.82) is 0 Å². The number of nitrogens with one attached hydrogen (secondary N) is 1. The molecule has 3 aromatic rings. The molecule has 2 fully saturated rings. The topological polar surface area (TPSA) is 52.2 Å². The van der Waals surface area contributed by atoms with Gasteiger partial charge in [0.25, 0.3) is 5.91 Å². The molecule has 1 saturated carbocycles. The van der Waals surface area contributed by atoms with Crippen molar-refractivity contribution in [2.24, 2.45) is 5.92 Å². The maximum absolute atomic E-state index is 15.1. The third-order valence-electron chi connectivity index (χ3n) is 7.82. The summed E-state index contributed by atoms with van der Waals surface area (Å²) in [5.41, 5.74) is 5.41. The number of nitrogens with zero attached hydrogens (tertiary/aromatic N) is 3. The molecule has 1 aliphatic heterocycles. The Balaban J connectivity index is 1.26. The van der Waals surface area contributed by atoms with Crippen LogP contribution in [0.2, 0.25) is 0 Å². The molecule has 2 aliphatic carbocycles. The second-order valence-corrected chi connectivity index (χ2v) is 10.2. The number of hydrogen-bond acceptors (Lipinski definition) is 3. The first kappa shape index (κ1) is 23.1. The predicted octanol–water partition coefficient (Wildman–Crippen LogP) is 5.47. The molecular formula is C29H30F2N4O. The van der Waals surface area contributed by atoms with Crippen LogP contribution < -0.4 is 0 Å². The number of piperidine rings is 1. The van der Waals surface area contributed by atoms with Gasteiger partial charge in [-0.25, -0.2) is 8.78 Å². The Kier molecular flexibility index (Phi) is 6.17. The molecule has 3 aliphatic rings. The number of allylic oxidation sites excluding steroid dienone is 1. The van der Waals surface area contributed by atoms with Crippen LogP contribution in [0, 0.1) is 17.6 Å². The Hall–Kier alpha value is -3.32. The fourth-order valence-corrected chi connectivity index (χ4v) is 5.70. The van der Waals surface area contributed by atoms with E-state index in [9.17, 15) is 9.18 Å². The predicted molar refractivity (Wildman–Crippen MR) is 135 cm³/mol. The number of rotatable bonds is 7. The SMILES string of the molecule is O=C(c1ccc(F)cc1)N(CCN1CCCCC1)Cc1cc(C2=Cc3cn[nH]c3C3CC23)ccc1F. The molecule has 6 rings (SSSR count). The Labute approximate surface area is 209 Å². The minimum Gasteiger partial charge on any atom is -0.333 e. The van der Waals surface area contributed by atoms with Crippen molar-refractivity contribution in [3.05, 3.63) is 88.2 Å². The van der Waals surface area contributed by atoms with Gasteiger partial charge in [-0.3, -0.25) is 9.89 Å². The number of carbonyl (C=O) groups is 1. The van der Waals surface area contributed by atoms with Gasteiger partial charge in [0.05, 0.1) is 6.20 Å². The first-order valence-corrected chi connectivity index (χ1v) is 12.9. The zero-order valence-corrected chi connectivity index (χ0v) is 20.2. The van der Waals surface area contributed by atoms with E-state index in [1.165, 1.54) is 48.0 Å². The van der Waals surface area contributed by atoms with Gasteiger partial charge in [0, 0.05) is 47.9 Å². The van der Waals surface area contributed by atoms with E-state index in [0.717, 1.165) is 50.0 Å². The molecule has 2 heterocycles. The lowest BCUT2D eigenvalue weighted by Crippen LogP contribution is -2.40. The summed E-state index contributed by atoms with van der Waals surface area (Å²) in [4.78, 5) is 17.5. The third kappa shape index (κ3) is 4.60. The van der Waals surface area contributed by atoms with Gasteiger partial charge >= 0.3 is 0 Å². The van der Waals surface area contributed by atoms with Crippen molar-refractivity contribution in [2.75, 3.05) is 26.2 Å². The van der Waals surface area contributed by atoms with Crippen molar-refractivity contribution in [3.63, 3.8) is 0 Å². The molecule has 2 unspecified atom stereocenters. The van der Waals surface area contributed by atoms with E-state index < -0.39 is 0 Å². The van der Waals surface area contributed by atoms with E-state index in [1.54, 1.807) is 4.90 Å². The van der Waals surface area contributed by atoms with Crippen LogP contribution in [0.3, 0.4) is 0 Å². The molecule has 0 bridgehead atoms. The van der Waals surface area contributed by atoms with E-state index in [2.05, 4.69) is 21.2 Å². The quantitative estimate of drug-likeness (QED) is 0.480. The smallest absolute Gasteiger partial charge is 0.254 e. The van der Waals surface area contributed by atoms with E-state index >= 15 is 4.39 Å². The summed E-state index contributed by atoms with van der Waals surface area (Å²) in [5, 5.41) is 7.31. The van der Waals surface area contributed by atoms with Crippen LogP contribution in [0.1, 0.15) is 64.3 Å². The third-order valence-corrected chi connectivity index (χ3v) is 7.82. The first-order chi connectivity index (χ1) is 17.6. The summed E-state index contributed by atoms with van der Waals surface area (Å²) < 4.78 is 28.6. The molecule has 36 heavy (non-hydrogen) atoms. The highest BCUT2D eigenvalue weighted by atomic mass is 19.1. The second-order valence-electron chi connectivity index (χ2n) is 10.2. The molecule has 1 saturated heterocycles. The van der Waals surface area contributed by atoms with Gasteiger partial charge in [-0.15, -0.1) is 0 Å². The van der Waals surface area contributed by atoms with Crippen LogP contribution >= 0.6 is 0 Å². The molecule has 0 radical (unpaired) electrons. The minimum atomic E-state index is -0.384. The highest BCUT2D eigenvalue weighted by Crippen LogP contribution is 2.58. The summed E-state index contributed by atoms with van der Waals surface area (Å²) >= 11 is 0. The van der Waals surface area contributed by atoms with Gasteiger partial charge in [0.1, 0.15) is 11.6 Å². The number of H-pyrrole nitrogens is 1. The van der Waals surface area contributed by atoms with Gasteiger partial charge in [-0.2, -0.15) is 5.10 Å². The fourth-order valence-electron chi connectivity index (χ4n) is 5.70. The van der Waals surface area contributed by atoms with Crippen LogP contribution in [0.15, 0.2) is 48.7 Å². The summed E-state index contributed by atoms with van der Waals surface area (Å²) in [5.74, 6) is -0.0325. The van der Waals surface area contributed by atoms with Crippen LogP contribution in [0.25, 0.3) is 11.6 Å². The fraction of sp³-hybridized carbons (Fsp3) is 0.379. The van der Waals surface area contributed by atoms with Gasteiger partial charge in [0.2, 0.25) is 0 Å². The second kappa shape index (κ2) is 9.62. The Morgan fingerprint density at radius 1 is 1.06 bits per heavy atom. The number of carbonyl (C=O) groups excluding carboxylic acids is 1. The van der Waals surface area contributed by atoms with Crippen molar-refractivity contribution in [3.8, 4) is 0 Å². The average molecular weight is 489 g/mol. The first-order valence-electron chi connectivity index (χ1n) is 12.9. The highest BCUT2D eigenvalue weighted by molar-refractivity contribution is 5.94. The zero-order chi connectivity index (χ0) is 24.6. The molecule has 186 valence electrons. The zero-order valence-electron chi connectivity index (χ0n) is 20.2. The number of aromatic nitrogens is 2. The van der Waals surface area contributed by atoms with Crippen molar-refractivity contribution in [2.45, 2.75) is 38.1 Å². The summed E-state index contributed by atoms with van der Waals surface area (Å²) in [6.07, 6.45) is 8.64. The maximum atomic E-state index is 15.1. The maximum Gasteiger partial charge on any atom is 0.254 e. The number of likely N-dealkylation sites (tertiary alicyclic amines) is 1. The molecule has 1 amide bonds. The lowest BCUT2D eigenvalue weighted by atomic mass is 9.91. The average Bonchev–Trinajstić information content (AvgIpc) is 3.57. The number of halogens is 2. The van der Waals surface area contributed by atoms with Crippen molar-refractivity contribution >= 4 is 17.6 Å². The molecule has 5 nitrogen and oxygen atoms in total. The van der Waals surface area contributed by atoms with Gasteiger partial charge in [-0.1, -0.05) is 12.5 Å². The van der Waals surface area contributed by atoms with Gasteiger partial charge in [-0.05, 0) is 91.9 Å². The van der Waals surface area contributed by atoms with E-state index in [1.807, 2.05) is 18.3 Å². The van der Waals surface area contributed by atoms with Crippen LogP contribution in [0.5, 0.6) is 0 Å². The summed E-state index contributed by atoms with van der Waals surface area (Å²) in [6.45, 7) is 3.45. The van der Waals surface area contributed by atoms with E-state index in [4.69, 9.17) is 0 Å². The molecular weight excluding hydrogens is 458 g/mol. The number of aromatic amines is 1. The van der Waals surface area contributed by atoms with E-state index in [-0.39, 0.29) is 24.1 Å². The standard InChI is InChI=1S/C29H30F2N4O/c30-23-7-4-19(5-8-23)29(36)35(13-12-34-10-2-1-3-11-34)18-22-14-20(6-9-27(22)31)24-15-21-17-32-33-28(21)26-16-25(24)26/h4-9,14-15,17,25-26H,1-3,10-13,16,18H2,(H,32,33). The summed E-state index contributed by atoms with van der Waals surface area (Å²) in [7, 11) is 0. The lowest BCUT2D eigenvalue weighted by Gasteiger charge is -2.30. The van der Waals surface area contributed by atoms with Crippen LogP contribution in [-0.4, -0.2) is 52.1 Å². The monoisotopic (exact) mass is 488 g/mol. The molecule has 2 aromatic carbocycles. The summed E-state index contributed by atoms with van der Waals surface area (Å²) in [6, 6.07) is 10.8. The number of amides is 1. The largest absolute Gasteiger partial charge is 0.333 e. The lowest BCUT2D eigenvalue weighted by molar-refractivity contribution is 0.0713. The number of fused-ring (bicyclic) bond motifs is 3. The molecule has 7 heteroatoms. The number of hydrogen-bond donors (Lipinski definition) is 1. The Morgan fingerprint density at radius 2 is 1.86 bits per heavy atom. The minimum absolute atomic E-state index is 0.169. The van der Waals surface area contributed by atoms with Gasteiger partial charge < -0.3 is 9.80 Å². The van der Waals surface area contributed by atoms with Crippen molar-refractivity contribution in [1.82, 2.24) is 20.0 Å². The van der Waals surface area contributed by atoms with Gasteiger partial charge in [0.15, 0.2) is 0 Å². The van der Waals surface area contributed by atoms with Crippen LogP contribution in [-0.2, 0) is 6.54 Å². The molecule has 1 N–H and O–H groups in total.